The van der Waals surface area contributed by atoms with Crippen molar-refractivity contribution in [3.05, 3.63) is 0 Å². The molecule has 4 nitrogen and oxygen atoms in total. The molecule has 0 amide bonds. The SMILES string of the molecule is CCCCCCCCCCCCCCCCCC(=O)OCC(COCCCCCCCCCC)OCCCCCCCCCC. The molecule has 0 radical (unpaired) electrons. The van der Waals surface area contributed by atoms with E-state index in [9.17, 15) is 4.79 Å². The Kier molecular flexibility index (Phi) is 39.0. The Bertz CT molecular complexity index is 552. The van der Waals surface area contributed by atoms with Gasteiger partial charge in [-0.2, -0.15) is 0 Å². The summed E-state index contributed by atoms with van der Waals surface area (Å²) in [6, 6.07) is 0. The van der Waals surface area contributed by atoms with E-state index < -0.39 is 0 Å². The fraction of sp³-hybridized carbons (Fsp3) is 0.976. The summed E-state index contributed by atoms with van der Waals surface area (Å²) in [6.45, 7) is 9.19. The molecule has 0 rings (SSSR count). The van der Waals surface area contributed by atoms with Crippen molar-refractivity contribution in [3.8, 4) is 0 Å². The zero-order valence-corrected chi connectivity index (χ0v) is 31.2. The van der Waals surface area contributed by atoms with Crippen LogP contribution in [0.5, 0.6) is 0 Å². The lowest BCUT2D eigenvalue weighted by Crippen LogP contribution is -2.28. The van der Waals surface area contributed by atoms with E-state index in [1.807, 2.05) is 0 Å². The van der Waals surface area contributed by atoms with Crippen molar-refractivity contribution in [3.63, 3.8) is 0 Å². The van der Waals surface area contributed by atoms with Crippen LogP contribution in [0.4, 0.5) is 0 Å². The molecule has 0 spiro atoms. The minimum Gasteiger partial charge on any atom is -0.463 e. The summed E-state index contributed by atoms with van der Waals surface area (Å²) in [5.41, 5.74) is 0. The third-order valence-corrected chi connectivity index (χ3v) is 9.21. The van der Waals surface area contributed by atoms with Crippen LogP contribution in [0.2, 0.25) is 0 Å². The number of unbranched alkanes of at least 4 members (excludes halogenated alkanes) is 28. The van der Waals surface area contributed by atoms with Gasteiger partial charge in [-0.05, 0) is 19.3 Å². The van der Waals surface area contributed by atoms with E-state index in [2.05, 4.69) is 20.8 Å². The van der Waals surface area contributed by atoms with Crippen LogP contribution in [-0.2, 0) is 19.0 Å². The van der Waals surface area contributed by atoms with Crippen molar-refractivity contribution in [1.29, 1.82) is 0 Å². The maximum atomic E-state index is 12.4. The number of carbonyl (C=O) groups excluding carboxylic acids is 1. The normalized spacial score (nSPS) is 12.2. The Hall–Kier alpha value is -0.610. The molecule has 0 aromatic heterocycles. The first-order valence-electron chi connectivity index (χ1n) is 20.6. The number of esters is 1. The van der Waals surface area contributed by atoms with Crippen LogP contribution in [0.25, 0.3) is 0 Å². The molecule has 1 atom stereocenters. The molecule has 0 N–H and O–H groups in total. The monoisotopic (exact) mass is 639 g/mol. The summed E-state index contributed by atoms with van der Waals surface area (Å²) in [4.78, 5) is 12.4. The van der Waals surface area contributed by atoms with Gasteiger partial charge in [0.1, 0.15) is 12.7 Å². The van der Waals surface area contributed by atoms with E-state index in [4.69, 9.17) is 14.2 Å². The van der Waals surface area contributed by atoms with Crippen LogP contribution in [-0.4, -0.2) is 38.5 Å². The Labute approximate surface area is 283 Å². The molecule has 45 heavy (non-hydrogen) atoms. The molecule has 0 aliphatic carbocycles. The van der Waals surface area contributed by atoms with Gasteiger partial charge in [0.25, 0.3) is 0 Å². The summed E-state index contributed by atoms with van der Waals surface area (Å²) in [5, 5.41) is 0. The van der Waals surface area contributed by atoms with Gasteiger partial charge in [-0.3, -0.25) is 4.79 Å². The van der Waals surface area contributed by atoms with Gasteiger partial charge >= 0.3 is 5.97 Å². The molecule has 0 aromatic carbocycles. The van der Waals surface area contributed by atoms with Crippen LogP contribution in [0.3, 0.4) is 0 Å². The van der Waals surface area contributed by atoms with Crippen LogP contribution in [0, 0.1) is 0 Å². The molecule has 0 saturated heterocycles. The quantitative estimate of drug-likeness (QED) is 0.0496. The van der Waals surface area contributed by atoms with Gasteiger partial charge in [-0.1, -0.05) is 201 Å². The number of rotatable bonds is 39. The van der Waals surface area contributed by atoms with Gasteiger partial charge in [-0.15, -0.1) is 0 Å². The summed E-state index contributed by atoms with van der Waals surface area (Å²) < 4.78 is 17.8. The van der Waals surface area contributed by atoms with E-state index in [0.29, 0.717) is 19.6 Å². The number of hydrogen-bond acceptors (Lipinski definition) is 4. The standard InChI is InChI=1S/C41H82O4/c1-4-7-10-13-16-19-20-21-22-23-24-25-26-29-32-35-41(42)45-39-40(44-37-34-31-28-18-15-12-9-6-3)38-43-36-33-30-27-17-14-11-8-5-2/h40H,4-39H2,1-3H3. The smallest absolute Gasteiger partial charge is 0.305 e. The fourth-order valence-corrected chi connectivity index (χ4v) is 6.08. The summed E-state index contributed by atoms with van der Waals surface area (Å²) in [6.07, 6.45) is 41.2. The Morgan fingerprint density at radius 2 is 0.733 bits per heavy atom. The average molecular weight is 639 g/mol. The van der Waals surface area contributed by atoms with Crippen molar-refractivity contribution in [2.75, 3.05) is 26.4 Å². The third-order valence-electron chi connectivity index (χ3n) is 9.21. The van der Waals surface area contributed by atoms with Crippen LogP contribution >= 0.6 is 0 Å². The van der Waals surface area contributed by atoms with E-state index in [0.717, 1.165) is 38.9 Å². The maximum absolute atomic E-state index is 12.4. The van der Waals surface area contributed by atoms with Crippen LogP contribution < -0.4 is 0 Å². The molecule has 4 heteroatoms. The second kappa shape index (κ2) is 39.6. The molecule has 0 fully saturated rings. The highest BCUT2D eigenvalue weighted by Crippen LogP contribution is 2.15. The van der Waals surface area contributed by atoms with Crippen molar-refractivity contribution in [2.24, 2.45) is 0 Å². The topological polar surface area (TPSA) is 44.8 Å². The summed E-state index contributed by atoms with van der Waals surface area (Å²) in [7, 11) is 0. The number of carbonyl (C=O) groups is 1. The zero-order valence-electron chi connectivity index (χ0n) is 31.2. The zero-order chi connectivity index (χ0) is 32.7. The molecule has 270 valence electrons. The number of ether oxygens (including phenoxy) is 3. The molecular weight excluding hydrogens is 556 g/mol. The van der Waals surface area contributed by atoms with Gasteiger partial charge in [0.15, 0.2) is 0 Å². The van der Waals surface area contributed by atoms with Crippen molar-refractivity contribution in [1.82, 2.24) is 0 Å². The number of hydrogen-bond donors (Lipinski definition) is 0. The second-order valence-electron chi connectivity index (χ2n) is 13.9. The predicted octanol–water partition coefficient (Wildman–Crippen LogP) is 13.5. The Balaban J connectivity index is 3.93. The molecule has 0 aliphatic heterocycles. The maximum Gasteiger partial charge on any atom is 0.305 e. The largest absolute Gasteiger partial charge is 0.463 e. The fourth-order valence-electron chi connectivity index (χ4n) is 6.08. The van der Waals surface area contributed by atoms with Crippen molar-refractivity contribution >= 4 is 5.97 Å². The van der Waals surface area contributed by atoms with Gasteiger partial charge in [0, 0.05) is 19.6 Å². The molecule has 1 unspecified atom stereocenters. The Morgan fingerprint density at radius 1 is 0.400 bits per heavy atom. The van der Waals surface area contributed by atoms with E-state index >= 15 is 0 Å². The molecular formula is C41H82O4. The first-order chi connectivity index (χ1) is 22.2. The minimum atomic E-state index is -0.145. The molecule has 0 bridgehead atoms. The Morgan fingerprint density at radius 3 is 1.13 bits per heavy atom. The highest BCUT2D eigenvalue weighted by molar-refractivity contribution is 5.69. The second-order valence-corrected chi connectivity index (χ2v) is 13.9. The van der Waals surface area contributed by atoms with Gasteiger partial charge in [0.05, 0.1) is 6.61 Å². The lowest BCUT2D eigenvalue weighted by molar-refractivity contribution is -0.150. The summed E-state index contributed by atoms with van der Waals surface area (Å²) in [5.74, 6) is -0.0755. The van der Waals surface area contributed by atoms with E-state index in [1.165, 1.54) is 173 Å². The van der Waals surface area contributed by atoms with Gasteiger partial charge in [0.2, 0.25) is 0 Å². The lowest BCUT2D eigenvalue weighted by Gasteiger charge is -2.18. The van der Waals surface area contributed by atoms with Crippen LogP contribution in [0.15, 0.2) is 0 Å². The third kappa shape index (κ3) is 37.7. The van der Waals surface area contributed by atoms with E-state index in [1.54, 1.807) is 0 Å². The average Bonchev–Trinajstić information content (AvgIpc) is 3.05. The van der Waals surface area contributed by atoms with Crippen molar-refractivity contribution in [2.45, 2.75) is 232 Å². The highest BCUT2D eigenvalue weighted by atomic mass is 16.6. The minimum absolute atomic E-state index is 0.0755. The molecule has 0 saturated carbocycles. The highest BCUT2D eigenvalue weighted by Gasteiger charge is 2.13. The van der Waals surface area contributed by atoms with Gasteiger partial charge in [-0.25, -0.2) is 0 Å². The van der Waals surface area contributed by atoms with Crippen LogP contribution in [0.1, 0.15) is 226 Å². The van der Waals surface area contributed by atoms with Gasteiger partial charge < -0.3 is 14.2 Å². The molecule has 0 aliphatic rings. The first kappa shape index (κ1) is 44.4. The van der Waals surface area contributed by atoms with Crippen molar-refractivity contribution < 1.29 is 19.0 Å². The lowest BCUT2D eigenvalue weighted by atomic mass is 10.0. The molecule has 0 aromatic rings. The predicted molar refractivity (Wildman–Crippen MR) is 196 cm³/mol. The molecule has 0 heterocycles. The summed E-state index contributed by atoms with van der Waals surface area (Å²) >= 11 is 0. The van der Waals surface area contributed by atoms with E-state index in [-0.39, 0.29) is 12.1 Å². The first-order valence-corrected chi connectivity index (χ1v) is 20.6.